The van der Waals surface area contributed by atoms with Gasteiger partial charge in [0.05, 0.1) is 0 Å². The third-order valence-electron chi connectivity index (χ3n) is 1.42. The van der Waals surface area contributed by atoms with Crippen molar-refractivity contribution in [1.82, 2.24) is 0 Å². The van der Waals surface area contributed by atoms with Crippen molar-refractivity contribution in [3.8, 4) is 0 Å². The molecule has 88 valence electrons. The molecule has 0 atom stereocenters. The Morgan fingerprint density at radius 1 is 0.933 bits per heavy atom. The molecule has 0 spiro atoms. The van der Waals surface area contributed by atoms with E-state index in [0.717, 1.165) is 0 Å². The third-order valence-corrected chi connectivity index (χ3v) is 3.09. The monoisotopic (exact) mass is 322 g/mol. The van der Waals surface area contributed by atoms with Gasteiger partial charge in [-0.2, -0.15) is 34.8 Å². The van der Waals surface area contributed by atoms with Crippen LogP contribution in [-0.4, -0.2) is 0 Å². The van der Waals surface area contributed by atoms with Crippen molar-refractivity contribution in [2.45, 2.75) is 0 Å². The fourth-order valence-corrected chi connectivity index (χ4v) is 1.64. The number of hydrogen-bond acceptors (Lipinski definition) is 0. The van der Waals surface area contributed by atoms with E-state index in [0.29, 0.717) is 20.1 Å². The van der Waals surface area contributed by atoms with Gasteiger partial charge in [-0.3, -0.25) is 0 Å². The largest absolute Gasteiger partial charge is 0.748 e. The van der Waals surface area contributed by atoms with Crippen molar-refractivity contribution in [2.24, 2.45) is 0 Å². The molecule has 0 saturated carbocycles. The fourth-order valence-electron chi connectivity index (χ4n) is 0.768. The van der Waals surface area contributed by atoms with Gasteiger partial charge in [-0.25, -0.2) is 0 Å². The van der Waals surface area contributed by atoms with Gasteiger partial charge in [0.2, 0.25) is 0 Å². The summed E-state index contributed by atoms with van der Waals surface area (Å²) in [5.41, 5.74) is 0. The average molecular weight is 324 g/mol. The minimum absolute atomic E-state index is 0. The maximum absolute atomic E-state index is 5.55. The van der Waals surface area contributed by atoms with E-state index in [2.05, 4.69) is 0 Å². The van der Waals surface area contributed by atoms with Gasteiger partial charge in [-0.05, 0) is 5.02 Å². The minimum atomic E-state index is 0. The molecular weight excluding hydrogens is 318 g/mol. The molecule has 0 saturated heterocycles. The zero-order chi connectivity index (χ0) is 10.6. The van der Waals surface area contributed by atoms with Crippen molar-refractivity contribution in [2.75, 3.05) is 0 Å². The Morgan fingerprint density at radius 2 is 1.33 bits per heavy atom. The summed E-state index contributed by atoms with van der Waals surface area (Å²) in [5.74, 6) is 0. The van der Waals surface area contributed by atoms with E-state index in [9.17, 15) is 0 Å². The first-order valence-electron chi connectivity index (χ1n) is 3.75. The molecule has 0 amide bonds. The van der Waals surface area contributed by atoms with Crippen LogP contribution in [0.3, 0.4) is 0 Å². The van der Waals surface area contributed by atoms with E-state index < -0.39 is 0 Å². The summed E-state index contributed by atoms with van der Waals surface area (Å²) >= 11 is 22.2. The molecule has 0 radical (unpaired) electrons. The van der Waals surface area contributed by atoms with E-state index >= 15 is 0 Å². The molecule has 0 N–H and O–H groups in total. The molecule has 0 aliphatic carbocycles. The summed E-state index contributed by atoms with van der Waals surface area (Å²) in [6.07, 6.45) is 0. The molecule has 0 heterocycles. The summed E-state index contributed by atoms with van der Waals surface area (Å²) in [4.78, 5) is 0. The van der Waals surface area contributed by atoms with Crippen molar-refractivity contribution in [1.29, 1.82) is 0 Å². The summed E-state index contributed by atoms with van der Waals surface area (Å²) in [6.45, 7) is 0. The molecule has 0 aromatic heterocycles. The summed E-state index contributed by atoms with van der Waals surface area (Å²) in [6, 6.07) is 11.5. The second kappa shape index (κ2) is 7.62. The molecule has 0 nitrogen and oxygen atoms in total. The molecule has 5 heteroatoms. The van der Waals surface area contributed by atoms with Gasteiger partial charge in [0.15, 0.2) is 0 Å². The van der Waals surface area contributed by atoms with Crippen LogP contribution < -0.4 is 0 Å². The van der Waals surface area contributed by atoms with Crippen molar-refractivity contribution in [3.63, 3.8) is 0 Å². The topological polar surface area (TPSA) is 0 Å². The van der Waals surface area contributed by atoms with Gasteiger partial charge in [-0.15, -0.1) is 17.7 Å². The van der Waals surface area contributed by atoms with Crippen LogP contribution in [0.15, 0.2) is 36.4 Å². The van der Waals surface area contributed by atoms with Crippen LogP contribution in [-0.2, 0) is 17.1 Å². The molecule has 0 aliphatic heterocycles. The van der Waals surface area contributed by atoms with Crippen LogP contribution in [0.25, 0.3) is 0 Å². The normalized spacial score (nSPS) is 8.80. The summed E-state index contributed by atoms with van der Waals surface area (Å²) in [7, 11) is 0. The second-order valence-electron chi connectivity index (χ2n) is 2.43. The molecule has 0 unspecified atom stereocenters. The summed E-state index contributed by atoms with van der Waals surface area (Å²) in [5, 5.41) is 1.44. The van der Waals surface area contributed by atoms with Gasteiger partial charge < -0.3 is 30.3 Å². The predicted molar refractivity (Wildman–Crippen MR) is 64.1 cm³/mol. The predicted octanol–water partition coefficient (Wildman–Crippen LogP) is 5.42. The first-order valence-corrected chi connectivity index (χ1v) is 5.26. The Hall–Kier alpha value is 0.379. The molecule has 2 aromatic rings. The van der Waals surface area contributed by atoms with Crippen molar-refractivity contribution in [3.05, 3.63) is 56.5 Å². The first kappa shape index (κ1) is 15.4. The van der Waals surface area contributed by atoms with Crippen molar-refractivity contribution < 1.29 is 17.1 Å². The SMILES string of the molecule is Clc1c[c-](Cl)c(Cl)c1Cl.[Fe].[cH-]1[cH-][cH-][cH-][cH-]1. The van der Waals surface area contributed by atoms with Crippen LogP contribution in [0.4, 0.5) is 0 Å². The Bertz CT molecular complexity index is 339. The van der Waals surface area contributed by atoms with E-state index in [1.54, 1.807) is 0 Å². The van der Waals surface area contributed by atoms with Gasteiger partial charge >= 0.3 is 0 Å². The van der Waals surface area contributed by atoms with E-state index in [1.165, 1.54) is 6.07 Å². The molecule has 0 aliphatic rings. The average Bonchev–Trinajstić information content (AvgIpc) is 2.78. The van der Waals surface area contributed by atoms with E-state index in [-0.39, 0.29) is 17.1 Å². The van der Waals surface area contributed by atoms with Crippen LogP contribution in [0.1, 0.15) is 0 Å². The summed E-state index contributed by atoms with van der Waals surface area (Å²) < 4.78 is 0. The number of hydrogen-bond donors (Lipinski definition) is 0. The standard InChI is InChI=1S/C5HCl4.C5H5.Fe/c6-2-1-3(7)5(9)4(2)8;1-2-4-5-3-1;/h1H;1-5H;/q-1;-5;. The molecule has 2 rings (SSSR count). The van der Waals surface area contributed by atoms with E-state index in [1.807, 2.05) is 30.3 Å². The second-order valence-corrected chi connectivity index (χ2v) is 4.00. The van der Waals surface area contributed by atoms with Crippen LogP contribution >= 0.6 is 46.4 Å². The van der Waals surface area contributed by atoms with Crippen LogP contribution in [0, 0.1) is 0 Å². The molecule has 0 fully saturated rings. The maximum Gasteiger partial charge on any atom is 0 e. The first-order chi connectivity index (χ1) is 6.63. The Balaban J connectivity index is 0.000000280. The minimum Gasteiger partial charge on any atom is -0.748 e. The van der Waals surface area contributed by atoms with Crippen molar-refractivity contribution >= 4 is 46.4 Å². The van der Waals surface area contributed by atoms with Gasteiger partial charge in [-0.1, -0.05) is 15.1 Å². The molecule has 15 heavy (non-hydrogen) atoms. The van der Waals surface area contributed by atoms with Gasteiger partial charge in [0.1, 0.15) is 0 Å². The molecule has 2 aromatic carbocycles. The zero-order valence-corrected chi connectivity index (χ0v) is 11.5. The van der Waals surface area contributed by atoms with Crippen LogP contribution in [0.2, 0.25) is 20.1 Å². The molecular formula is C10H6Cl4Fe-6. The van der Waals surface area contributed by atoms with Crippen LogP contribution in [0.5, 0.6) is 0 Å². The van der Waals surface area contributed by atoms with E-state index in [4.69, 9.17) is 46.4 Å². The number of rotatable bonds is 0. The smallest absolute Gasteiger partial charge is 0 e. The van der Waals surface area contributed by atoms with Gasteiger partial charge in [0.25, 0.3) is 0 Å². The zero-order valence-electron chi connectivity index (χ0n) is 7.33. The third kappa shape index (κ3) is 4.82. The van der Waals surface area contributed by atoms with Gasteiger partial charge in [0, 0.05) is 17.1 Å². The maximum atomic E-state index is 5.55. The quantitative estimate of drug-likeness (QED) is 0.448. The molecule has 0 bridgehead atoms. The Labute approximate surface area is 119 Å². The fraction of sp³-hybridized carbons (Fsp3) is 0. The Kier molecular flexibility index (Phi) is 7.81. The Morgan fingerprint density at radius 3 is 1.47 bits per heavy atom. The number of halogens is 4.